The Balaban J connectivity index is 1.61. The largest absolute Gasteiger partial charge is 0.466 e. The Morgan fingerprint density at radius 1 is 1.00 bits per heavy atom. The van der Waals surface area contributed by atoms with E-state index in [1.165, 1.54) is 0 Å². The highest BCUT2D eigenvalue weighted by atomic mass is 16.5. The third-order valence-electron chi connectivity index (χ3n) is 6.59. The van der Waals surface area contributed by atoms with E-state index < -0.39 is 0 Å². The monoisotopic (exact) mass is 456 g/mol. The Kier molecular flexibility index (Phi) is 6.25. The van der Waals surface area contributed by atoms with E-state index in [2.05, 4.69) is 0 Å². The minimum absolute atomic E-state index is 0.0331. The molecule has 0 saturated heterocycles. The third kappa shape index (κ3) is 4.25. The van der Waals surface area contributed by atoms with Crippen LogP contribution < -0.4 is 5.56 Å². The molecule has 1 aromatic carbocycles. The molecule has 174 valence electrons. The highest BCUT2D eigenvalue weighted by Gasteiger charge is 2.31. The second-order valence-electron chi connectivity index (χ2n) is 8.74. The molecule has 0 amide bonds. The summed E-state index contributed by atoms with van der Waals surface area (Å²) < 4.78 is 8.64. The summed E-state index contributed by atoms with van der Waals surface area (Å²) in [6.07, 6.45) is 5.98. The van der Waals surface area contributed by atoms with Gasteiger partial charge in [-0.1, -0.05) is 49.2 Å². The molecule has 0 aliphatic heterocycles. The molecule has 3 heterocycles. The third-order valence-corrected chi connectivity index (χ3v) is 6.59. The zero-order valence-corrected chi connectivity index (χ0v) is 19.3. The van der Waals surface area contributed by atoms with Gasteiger partial charge < -0.3 is 4.74 Å². The molecule has 0 radical (unpaired) electrons. The van der Waals surface area contributed by atoms with Crippen LogP contribution in [0.15, 0.2) is 71.7 Å². The lowest BCUT2D eigenvalue weighted by atomic mass is 9.82. The van der Waals surface area contributed by atoms with Crippen LogP contribution in [0.1, 0.15) is 45.1 Å². The number of nitrogens with zero attached hydrogens (tertiary/aromatic N) is 4. The average molecular weight is 457 g/mol. The van der Waals surface area contributed by atoms with Crippen LogP contribution in [0.2, 0.25) is 0 Å². The Bertz CT molecular complexity index is 1360. The predicted molar refractivity (Wildman–Crippen MR) is 130 cm³/mol. The highest BCUT2D eigenvalue weighted by molar-refractivity contribution is 5.90. The highest BCUT2D eigenvalue weighted by Crippen LogP contribution is 2.37. The van der Waals surface area contributed by atoms with E-state index in [1.807, 2.05) is 66.2 Å². The number of rotatable bonds is 6. The van der Waals surface area contributed by atoms with Crippen LogP contribution in [0.5, 0.6) is 0 Å². The maximum atomic E-state index is 13.0. The quantitative estimate of drug-likeness (QED) is 0.385. The maximum Gasteiger partial charge on any atom is 0.306 e. The number of ether oxygens (including phenoxy) is 1. The molecule has 3 aromatic heterocycles. The Labute approximate surface area is 198 Å². The molecule has 1 aliphatic rings. The first-order valence-corrected chi connectivity index (χ1v) is 11.9. The number of hydrogen-bond acceptors (Lipinski definition) is 5. The van der Waals surface area contributed by atoms with Gasteiger partial charge in [0.15, 0.2) is 0 Å². The van der Waals surface area contributed by atoms with Crippen LogP contribution in [-0.4, -0.2) is 32.0 Å². The number of carbonyl (C=O) groups is 1. The van der Waals surface area contributed by atoms with Crippen LogP contribution >= 0.6 is 0 Å². The van der Waals surface area contributed by atoms with E-state index in [9.17, 15) is 9.59 Å². The smallest absolute Gasteiger partial charge is 0.306 e. The zero-order chi connectivity index (χ0) is 23.5. The lowest BCUT2D eigenvalue weighted by Crippen LogP contribution is -2.34. The lowest BCUT2D eigenvalue weighted by molar-refractivity contribution is -0.145. The predicted octanol–water partition coefficient (Wildman–Crippen LogP) is 4.91. The molecule has 1 aliphatic carbocycles. The summed E-state index contributed by atoms with van der Waals surface area (Å²) in [4.78, 5) is 25.2. The fourth-order valence-electron chi connectivity index (χ4n) is 5.03. The number of esters is 1. The van der Waals surface area contributed by atoms with Crippen molar-refractivity contribution < 1.29 is 9.53 Å². The molecule has 7 heteroatoms. The van der Waals surface area contributed by atoms with Crippen molar-refractivity contribution in [1.29, 1.82) is 0 Å². The van der Waals surface area contributed by atoms with Gasteiger partial charge in [0.2, 0.25) is 0 Å². The van der Waals surface area contributed by atoms with E-state index in [0.717, 1.165) is 48.0 Å². The molecule has 2 atom stereocenters. The van der Waals surface area contributed by atoms with Crippen molar-refractivity contribution in [2.75, 3.05) is 6.61 Å². The first kappa shape index (κ1) is 22.1. The molecule has 4 aromatic rings. The van der Waals surface area contributed by atoms with Crippen LogP contribution in [0.4, 0.5) is 0 Å². The number of hydrogen-bond donors (Lipinski definition) is 0. The fraction of sp³-hybridized carbons (Fsp3) is 0.333. The molecule has 7 nitrogen and oxygen atoms in total. The van der Waals surface area contributed by atoms with Crippen molar-refractivity contribution in [3.05, 3.63) is 77.2 Å². The van der Waals surface area contributed by atoms with Gasteiger partial charge in [0.25, 0.3) is 5.56 Å². The van der Waals surface area contributed by atoms with E-state index in [-0.39, 0.29) is 23.5 Å². The summed E-state index contributed by atoms with van der Waals surface area (Å²) in [6.45, 7) is 2.17. The average Bonchev–Trinajstić information content (AvgIpc) is 3.25. The van der Waals surface area contributed by atoms with E-state index in [0.29, 0.717) is 18.7 Å². The molecule has 0 N–H and O–H groups in total. The summed E-state index contributed by atoms with van der Waals surface area (Å²) in [5.41, 5.74) is 4.15. The molecule has 1 fully saturated rings. The molecular formula is C27H28N4O3. The minimum atomic E-state index is -0.211. The molecule has 1 saturated carbocycles. The molecular weight excluding hydrogens is 428 g/mol. The van der Waals surface area contributed by atoms with Gasteiger partial charge in [-0.15, -0.1) is 0 Å². The van der Waals surface area contributed by atoms with Crippen molar-refractivity contribution in [3.8, 4) is 22.5 Å². The Morgan fingerprint density at radius 3 is 2.62 bits per heavy atom. The number of fused-ring (bicyclic) bond motifs is 1. The molecule has 0 unspecified atom stereocenters. The van der Waals surface area contributed by atoms with Gasteiger partial charge in [-0.2, -0.15) is 10.2 Å². The zero-order valence-electron chi connectivity index (χ0n) is 19.3. The van der Waals surface area contributed by atoms with Crippen molar-refractivity contribution in [2.45, 2.75) is 45.1 Å². The van der Waals surface area contributed by atoms with Gasteiger partial charge in [0, 0.05) is 17.8 Å². The van der Waals surface area contributed by atoms with Gasteiger partial charge in [0.05, 0.1) is 35.8 Å². The molecule has 5 rings (SSSR count). The number of carbonyl (C=O) groups excluding carboxylic acids is 1. The number of aromatic nitrogens is 4. The summed E-state index contributed by atoms with van der Waals surface area (Å²) in [7, 11) is 0. The Morgan fingerprint density at radius 2 is 1.79 bits per heavy atom. The van der Waals surface area contributed by atoms with Gasteiger partial charge in [-0.05, 0) is 43.9 Å². The number of pyridine rings is 1. The van der Waals surface area contributed by atoms with Crippen molar-refractivity contribution >= 4 is 11.5 Å². The topological polar surface area (TPSA) is 78.5 Å². The van der Waals surface area contributed by atoms with Gasteiger partial charge >= 0.3 is 5.97 Å². The standard InChI is InChI=1S/C27H28N4O3/c1-2-34-25(33)18-20-12-6-7-13-22(20)31-24(32)16-15-21(28-31)26-23-14-8-9-17-30(23)29-27(26)19-10-4-3-5-11-19/h3-5,8-11,14-17,20,22H,2,6-7,12-13,18H2,1H3/t20-,22-/m0/s1. The summed E-state index contributed by atoms with van der Waals surface area (Å²) >= 11 is 0. The van der Waals surface area contributed by atoms with Crippen molar-refractivity contribution in [3.63, 3.8) is 0 Å². The molecule has 34 heavy (non-hydrogen) atoms. The Hall–Kier alpha value is -3.74. The molecule has 0 spiro atoms. The van der Waals surface area contributed by atoms with E-state index >= 15 is 0 Å². The van der Waals surface area contributed by atoms with Gasteiger partial charge in [-0.25, -0.2) is 9.20 Å². The summed E-state index contributed by atoms with van der Waals surface area (Å²) in [5.74, 6) is -0.177. The maximum absolute atomic E-state index is 13.0. The summed E-state index contributed by atoms with van der Waals surface area (Å²) in [6, 6.07) is 19.1. The van der Waals surface area contributed by atoms with Crippen LogP contribution in [0.3, 0.4) is 0 Å². The van der Waals surface area contributed by atoms with Crippen molar-refractivity contribution in [2.24, 2.45) is 5.92 Å². The molecule has 0 bridgehead atoms. The van der Waals surface area contributed by atoms with Crippen LogP contribution in [0, 0.1) is 5.92 Å². The summed E-state index contributed by atoms with van der Waals surface area (Å²) in [5, 5.41) is 9.70. The van der Waals surface area contributed by atoms with E-state index in [4.69, 9.17) is 14.9 Å². The van der Waals surface area contributed by atoms with E-state index in [1.54, 1.807) is 16.8 Å². The fourth-order valence-corrected chi connectivity index (χ4v) is 5.03. The second-order valence-corrected chi connectivity index (χ2v) is 8.74. The van der Waals surface area contributed by atoms with Crippen molar-refractivity contribution in [1.82, 2.24) is 19.4 Å². The van der Waals surface area contributed by atoms with Crippen LogP contribution in [0.25, 0.3) is 28.0 Å². The first-order chi connectivity index (χ1) is 16.7. The second kappa shape index (κ2) is 9.63. The SMILES string of the molecule is CCOC(=O)C[C@@H]1CCCC[C@@H]1n1nc(-c2c(-c3ccccc3)nn3ccccc23)ccc1=O. The van der Waals surface area contributed by atoms with Gasteiger partial charge in [0.1, 0.15) is 5.69 Å². The van der Waals surface area contributed by atoms with Gasteiger partial charge in [-0.3, -0.25) is 9.59 Å². The number of benzene rings is 1. The first-order valence-electron chi connectivity index (χ1n) is 11.9. The minimum Gasteiger partial charge on any atom is -0.466 e. The normalized spacial score (nSPS) is 18.1. The van der Waals surface area contributed by atoms with Crippen LogP contribution in [-0.2, 0) is 9.53 Å². The lowest BCUT2D eigenvalue weighted by Gasteiger charge is -2.31.